The lowest BCUT2D eigenvalue weighted by atomic mass is 9.93. The summed E-state index contributed by atoms with van der Waals surface area (Å²) in [6.45, 7) is 8.83. The number of ether oxygens (including phenoxy) is 1. The fourth-order valence-corrected chi connectivity index (χ4v) is 3.93. The van der Waals surface area contributed by atoms with E-state index in [9.17, 15) is 9.59 Å². The highest BCUT2D eigenvalue weighted by Crippen LogP contribution is 2.29. The predicted molar refractivity (Wildman–Crippen MR) is 112 cm³/mol. The van der Waals surface area contributed by atoms with Gasteiger partial charge in [0.2, 0.25) is 5.91 Å². The predicted octanol–water partition coefficient (Wildman–Crippen LogP) is 5.13. The molecule has 2 rings (SSSR count). The number of hydrogen-bond donors (Lipinski definition) is 1. The Labute approximate surface area is 168 Å². The Hall–Kier alpha value is -1.86. The van der Waals surface area contributed by atoms with E-state index in [2.05, 4.69) is 31.1 Å². The van der Waals surface area contributed by atoms with E-state index in [1.165, 1.54) is 11.8 Å². The van der Waals surface area contributed by atoms with Crippen molar-refractivity contribution in [3.05, 3.63) is 40.9 Å². The van der Waals surface area contributed by atoms with E-state index in [0.29, 0.717) is 17.9 Å². The van der Waals surface area contributed by atoms with Crippen LogP contribution in [-0.2, 0) is 14.9 Å². The quantitative estimate of drug-likeness (QED) is 0.374. The number of thioether (sulfide) groups is 1. The topological polar surface area (TPSA) is 68.3 Å². The summed E-state index contributed by atoms with van der Waals surface area (Å²) in [5.41, 5.74) is 2.19. The summed E-state index contributed by atoms with van der Waals surface area (Å²) >= 11 is 2.98. The summed E-state index contributed by atoms with van der Waals surface area (Å²) in [7, 11) is 0. The number of unbranched alkanes of at least 4 members (excludes halogenated alkanes) is 1. The number of carbonyl (C=O) groups is 2. The van der Waals surface area contributed by atoms with Crippen molar-refractivity contribution >= 4 is 40.7 Å². The van der Waals surface area contributed by atoms with Crippen LogP contribution in [0.5, 0.6) is 0 Å². The van der Waals surface area contributed by atoms with Crippen molar-refractivity contribution in [3.8, 4) is 0 Å². The number of esters is 1. The minimum absolute atomic E-state index is 0.0109. The van der Waals surface area contributed by atoms with Gasteiger partial charge in [-0.1, -0.05) is 45.9 Å². The summed E-state index contributed by atoms with van der Waals surface area (Å²) in [6, 6.07) is 6.74. The number of anilines is 1. The lowest BCUT2D eigenvalue weighted by molar-refractivity contribution is -0.113. The largest absolute Gasteiger partial charge is 0.462 e. The van der Waals surface area contributed by atoms with E-state index in [0.717, 1.165) is 22.9 Å². The van der Waals surface area contributed by atoms with Crippen LogP contribution < -0.4 is 5.32 Å². The first-order valence-electron chi connectivity index (χ1n) is 8.95. The first-order valence-corrected chi connectivity index (χ1v) is 10.8. The maximum Gasteiger partial charge on any atom is 0.338 e. The van der Waals surface area contributed by atoms with Crippen LogP contribution in [0, 0.1) is 0 Å². The summed E-state index contributed by atoms with van der Waals surface area (Å²) in [6.07, 6.45) is 1.84. The number of aromatic nitrogens is 1. The molecule has 0 atom stereocenters. The molecule has 0 bridgehead atoms. The molecule has 1 N–H and O–H groups in total. The highest BCUT2D eigenvalue weighted by atomic mass is 32.2. The van der Waals surface area contributed by atoms with E-state index in [-0.39, 0.29) is 23.0 Å². The van der Waals surface area contributed by atoms with Crippen molar-refractivity contribution in [3.63, 3.8) is 0 Å². The summed E-state index contributed by atoms with van der Waals surface area (Å²) in [4.78, 5) is 28.6. The minimum Gasteiger partial charge on any atom is -0.462 e. The van der Waals surface area contributed by atoms with Gasteiger partial charge in [0.05, 0.1) is 23.6 Å². The smallest absolute Gasteiger partial charge is 0.338 e. The van der Waals surface area contributed by atoms with Crippen LogP contribution in [0.15, 0.2) is 34.0 Å². The van der Waals surface area contributed by atoms with Gasteiger partial charge in [0.1, 0.15) is 0 Å². The number of nitrogens with zero attached hydrogens (tertiary/aromatic N) is 1. The lowest BCUT2D eigenvalue weighted by Crippen LogP contribution is -2.14. The van der Waals surface area contributed by atoms with Gasteiger partial charge in [-0.2, -0.15) is 0 Å². The molecule has 0 fully saturated rings. The third-order valence-electron chi connectivity index (χ3n) is 3.71. The molecule has 1 aromatic heterocycles. The second-order valence-corrected chi connectivity index (χ2v) is 9.23. The third kappa shape index (κ3) is 6.99. The molecule has 0 saturated heterocycles. The van der Waals surface area contributed by atoms with E-state index in [1.807, 2.05) is 12.3 Å². The number of amides is 1. The normalized spacial score (nSPS) is 11.3. The maximum atomic E-state index is 12.1. The Morgan fingerprint density at radius 3 is 2.52 bits per heavy atom. The second-order valence-electron chi connectivity index (χ2n) is 7.15. The first-order chi connectivity index (χ1) is 12.8. The number of carbonyl (C=O) groups excluding carboxylic acids is 2. The molecule has 1 aromatic carbocycles. The van der Waals surface area contributed by atoms with Gasteiger partial charge in [-0.3, -0.25) is 4.79 Å². The van der Waals surface area contributed by atoms with Crippen LogP contribution in [0.25, 0.3) is 0 Å². The van der Waals surface area contributed by atoms with Crippen LogP contribution in [0.3, 0.4) is 0 Å². The molecule has 0 aliphatic carbocycles. The van der Waals surface area contributed by atoms with Crippen LogP contribution in [0.2, 0.25) is 0 Å². The van der Waals surface area contributed by atoms with Gasteiger partial charge in [-0.25, -0.2) is 9.78 Å². The van der Waals surface area contributed by atoms with Crippen molar-refractivity contribution in [2.45, 2.75) is 50.3 Å². The molecule has 5 nitrogen and oxygen atoms in total. The van der Waals surface area contributed by atoms with E-state index >= 15 is 0 Å². The standard InChI is InChI=1S/C20H26N2O3S2/c1-5-6-11-25-18(24)14-7-9-15(10-8-14)21-17(23)13-27-19-22-16(12-26-19)20(2,3)4/h7-10,12H,5-6,11,13H2,1-4H3,(H,21,23). The maximum absolute atomic E-state index is 12.1. The number of rotatable bonds is 8. The molecule has 1 amide bonds. The molecule has 2 aromatic rings. The van der Waals surface area contributed by atoms with Crippen molar-refractivity contribution in [2.24, 2.45) is 0 Å². The van der Waals surface area contributed by atoms with E-state index < -0.39 is 0 Å². The molecular weight excluding hydrogens is 380 g/mol. The average Bonchev–Trinajstić information content (AvgIpc) is 3.10. The van der Waals surface area contributed by atoms with E-state index in [1.54, 1.807) is 35.6 Å². The molecule has 0 aliphatic heterocycles. The van der Waals surface area contributed by atoms with Gasteiger partial charge >= 0.3 is 5.97 Å². The van der Waals surface area contributed by atoms with Crippen molar-refractivity contribution < 1.29 is 14.3 Å². The van der Waals surface area contributed by atoms with Gasteiger partial charge in [-0.15, -0.1) is 11.3 Å². The highest BCUT2D eigenvalue weighted by Gasteiger charge is 2.18. The average molecular weight is 407 g/mol. The summed E-state index contributed by atoms with van der Waals surface area (Å²) in [5, 5.41) is 4.87. The molecular formula is C20H26N2O3S2. The monoisotopic (exact) mass is 406 g/mol. The summed E-state index contributed by atoms with van der Waals surface area (Å²) < 4.78 is 6.06. The number of nitrogens with one attached hydrogen (secondary N) is 1. The molecule has 0 spiro atoms. The number of thiazole rings is 1. The molecule has 0 radical (unpaired) electrons. The van der Waals surface area contributed by atoms with Crippen LogP contribution in [0.1, 0.15) is 56.6 Å². The van der Waals surface area contributed by atoms with Gasteiger partial charge in [0.15, 0.2) is 4.34 Å². The Bertz CT molecular complexity index is 764. The van der Waals surface area contributed by atoms with Gasteiger partial charge in [0.25, 0.3) is 0 Å². The molecule has 0 saturated carbocycles. The van der Waals surface area contributed by atoms with Crippen LogP contribution in [-0.4, -0.2) is 29.2 Å². The SMILES string of the molecule is CCCCOC(=O)c1ccc(NC(=O)CSc2nc(C(C)(C)C)cs2)cc1. The van der Waals surface area contributed by atoms with Crippen molar-refractivity contribution in [1.82, 2.24) is 4.98 Å². The first kappa shape index (κ1) is 21.4. The molecule has 27 heavy (non-hydrogen) atoms. The zero-order valence-electron chi connectivity index (χ0n) is 16.2. The third-order valence-corrected chi connectivity index (χ3v) is 5.73. The van der Waals surface area contributed by atoms with Crippen molar-refractivity contribution in [1.29, 1.82) is 0 Å². The minimum atomic E-state index is -0.338. The Balaban J connectivity index is 1.81. The number of benzene rings is 1. The zero-order chi connectivity index (χ0) is 19.9. The van der Waals surface area contributed by atoms with Gasteiger partial charge < -0.3 is 10.1 Å². The molecule has 0 aliphatic rings. The van der Waals surface area contributed by atoms with E-state index in [4.69, 9.17) is 4.74 Å². The van der Waals surface area contributed by atoms with Gasteiger partial charge in [0, 0.05) is 16.5 Å². The Morgan fingerprint density at radius 2 is 1.93 bits per heavy atom. The zero-order valence-corrected chi connectivity index (χ0v) is 17.8. The van der Waals surface area contributed by atoms with Crippen LogP contribution >= 0.6 is 23.1 Å². The second kappa shape index (κ2) is 9.90. The van der Waals surface area contributed by atoms with Gasteiger partial charge in [-0.05, 0) is 30.7 Å². The summed E-state index contributed by atoms with van der Waals surface area (Å²) in [5.74, 6) is -0.154. The fraction of sp³-hybridized carbons (Fsp3) is 0.450. The Kier molecular flexibility index (Phi) is 7.86. The molecule has 7 heteroatoms. The lowest BCUT2D eigenvalue weighted by Gasteiger charge is -2.14. The molecule has 146 valence electrons. The van der Waals surface area contributed by atoms with Crippen LogP contribution in [0.4, 0.5) is 5.69 Å². The fourth-order valence-electron chi connectivity index (χ4n) is 2.07. The Morgan fingerprint density at radius 1 is 1.22 bits per heavy atom. The molecule has 0 unspecified atom stereocenters. The highest BCUT2D eigenvalue weighted by molar-refractivity contribution is 8.01. The number of hydrogen-bond acceptors (Lipinski definition) is 6. The molecule has 1 heterocycles. The van der Waals surface area contributed by atoms with Crippen molar-refractivity contribution in [2.75, 3.05) is 17.7 Å².